The van der Waals surface area contributed by atoms with E-state index in [-0.39, 0.29) is 23.1 Å². The van der Waals surface area contributed by atoms with Gasteiger partial charge in [0.25, 0.3) is 0 Å². The summed E-state index contributed by atoms with van der Waals surface area (Å²) in [4.78, 5) is 7.46. The van der Waals surface area contributed by atoms with Gasteiger partial charge in [-0.25, -0.2) is 0 Å². The molecule has 1 aliphatic carbocycles. The van der Waals surface area contributed by atoms with Crippen LogP contribution in [0.5, 0.6) is 11.5 Å². The summed E-state index contributed by atoms with van der Waals surface area (Å²) in [5, 5.41) is 0. The lowest BCUT2D eigenvalue weighted by molar-refractivity contribution is 0.470. The molecule has 0 amide bonds. The van der Waals surface area contributed by atoms with E-state index in [1.54, 1.807) is 0 Å². The quantitative estimate of drug-likeness (QED) is 0.166. The largest absolute Gasteiger partial charge is 0.453 e. The molecule has 0 N–H and O–H groups in total. The van der Waals surface area contributed by atoms with Crippen LogP contribution in [0.4, 0.5) is 11.4 Å². The van der Waals surface area contributed by atoms with Crippen molar-refractivity contribution in [2.45, 2.75) is 71.6 Å². The van der Waals surface area contributed by atoms with Gasteiger partial charge in [-0.15, -0.1) is 0 Å². The molecule has 4 aliphatic rings. The molecule has 0 spiro atoms. The summed E-state index contributed by atoms with van der Waals surface area (Å²) in [5.74, 6) is 1.86. The maximum Gasteiger partial charge on any atom is 0.330 e. The summed E-state index contributed by atoms with van der Waals surface area (Å²) in [6, 6.07) is 36.7. The Morgan fingerprint density at radius 2 is 1.34 bits per heavy atom. The van der Waals surface area contributed by atoms with E-state index in [2.05, 4.69) is 151 Å². The van der Waals surface area contributed by atoms with Gasteiger partial charge in [-0.1, -0.05) is 104 Å². The predicted octanol–water partition coefficient (Wildman–Crippen LogP) is 10.7. The van der Waals surface area contributed by atoms with E-state index in [1.165, 1.54) is 66.6 Å². The maximum atomic E-state index is 7.02. The number of benzene rings is 5. The van der Waals surface area contributed by atoms with Gasteiger partial charge in [0.05, 0.1) is 17.1 Å². The zero-order chi connectivity index (χ0) is 34.5. The second-order valence-electron chi connectivity index (χ2n) is 17.3. The number of rotatable bonds is 1. The van der Waals surface area contributed by atoms with Crippen LogP contribution in [0.15, 0.2) is 103 Å². The Kier molecular flexibility index (Phi) is 5.71. The molecule has 6 aromatic rings. The molecule has 10 rings (SSSR count). The molecule has 1 aromatic heterocycles. The standard InChI is InChI=1S/C46H41BN2O/c1-44(2,3)27-16-17-39-40(22-27)50-41-23-28(45(4,5)6)21-34-33-20-26(38-15-11-12-18-48-38)19-32-31-24-36-30(29-13-9-10-14-35(29)46(36,7)8)25-37(31)47(42(32)33)49(39)43(34)41/h9-25H,1-8H3. The van der Waals surface area contributed by atoms with E-state index in [0.29, 0.717) is 0 Å². The van der Waals surface area contributed by atoms with Crippen LogP contribution in [0.3, 0.4) is 0 Å². The van der Waals surface area contributed by atoms with Gasteiger partial charge in [-0.3, -0.25) is 4.98 Å². The van der Waals surface area contributed by atoms with Crippen LogP contribution in [0.25, 0.3) is 44.6 Å². The fourth-order valence-corrected chi connectivity index (χ4v) is 9.06. The van der Waals surface area contributed by atoms with Crippen molar-refractivity contribution in [3.05, 3.63) is 126 Å². The number of aromatic nitrogens is 1. The Morgan fingerprint density at radius 3 is 2.08 bits per heavy atom. The van der Waals surface area contributed by atoms with Crippen LogP contribution in [0.1, 0.15) is 77.6 Å². The minimum absolute atomic E-state index is 0.00132. The highest BCUT2D eigenvalue weighted by molar-refractivity contribution is 6.95. The molecule has 244 valence electrons. The van der Waals surface area contributed by atoms with Gasteiger partial charge in [0.1, 0.15) is 5.75 Å². The van der Waals surface area contributed by atoms with Crippen molar-refractivity contribution >= 4 is 29.1 Å². The zero-order valence-corrected chi connectivity index (χ0v) is 30.2. The predicted molar refractivity (Wildman–Crippen MR) is 209 cm³/mol. The molecule has 0 saturated heterocycles. The molecule has 0 atom stereocenters. The first kappa shape index (κ1) is 29.8. The zero-order valence-electron chi connectivity index (χ0n) is 30.2. The van der Waals surface area contributed by atoms with Crippen molar-refractivity contribution in [3.8, 4) is 56.1 Å². The van der Waals surface area contributed by atoms with Gasteiger partial charge in [-0.05, 0) is 120 Å². The van der Waals surface area contributed by atoms with E-state index in [9.17, 15) is 0 Å². The van der Waals surface area contributed by atoms with Gasteiger partial charge in [-0.2, -0.15) is 0 Å². The Balaban J connectivity index is 1.32. The lowest BCUT2D eigenvalue weighted by atomic mass is 9.47. The SMILES string of the molecule is CC(C)(C)c1ccc2c(c1)Oc1cc(C(C)(C)C)cc3c1N2B1c2cc4c(cc2-c2cc(-c5ccccn5)cc-3c21)C(C)(C)c1ccccc1-4. The highest BCUT2D eigenvalue weighted by Crippen LogP contribution is 2.58. The third kappa shape index (κ3) is 3.91. The van der Waals surface area contributed by atoms with E-state index in [0.717, 1.165) is 34.1 Å². The molecule has 0 radical (unpaired) electrons. The summed E-state index contributed by atoms with van der Waals surface area (Å²) < 4.78 is 7.02. The summed E-state index contributed by atoms with van der Waals surface area (Å²) in [7, 11) is 0. The van der Waals surface area contributed by atoms with E-state index >= 15 is 0 Å². The van der Waals surface area contributed by atoms with E-state index in [4.69, 9.17) is 9.72 Å². The van der Waals surface area contributed by atoms with Crippen molar-refractivity contribution in [3.63, 3.8) is 0 Å². The Bertz CT molecular complexity index is 2460. The highest BCUT2D eigenvalue weighted by Gasteiger charge is 2.49. The number of pyridine rings is 1. The van der Waals surface area contributed by atoms with Crippen molar-refractivity contribution in [2.75, 3.05) is 4.81 Å². The number of ether oxygens (including phenoxy) is 1. The molecule has 4 heterocycles. The van der Waals surface area contributed by atoms with Crippen molar-refractivity contribution in [1.29, 1.82) is 0 Å². The summed E-state index contributed by atoms with van der Waals surface area (Å²) in [5.41, 5.74) is 20.2. The summed E-state index contributed by atoms with van der Waals surface area (Å²) >= 11 is 0. The molecule has 0 bridgehead atoms. The summed E-state index contributed by atoms with van der Waals surface area (Å²) in [6.07, 6.45) is 1.90. The average Bonchev–Trinajstić information content (AvgIpc) is 3.53. The molecule has 0 fully saturated rings. The molecular formula is C46H41BN2O. The van der Waals surface area contributed by atoms with E-state index in [1.807, 2.05) is 12.3 Å². The number of hydrogen-bond donors (Lipinski definition) is 0. The summed E-state index contributed by atoms with van der Waals surface area (Å²) in [6.45, 7) is 18.5. The second kappa shape index (κ2) is 9.57. The fourth-order valence-electron chi connectivity index (χ4n) is 9.06. The van der Waals surface area contributed by atoms with Gasteiger partial charge < -0.3 is 9.55 Å². The lowest BCUT2D eigenvalue weighted by Gasteiger charge is -2.43. The highest BCUT2D eigenvalue weighted by atomic mass is 16.5. The molecule has 5 aromatic carbocycles. The first-order valence-corrected chi connectivity index (χ1v) is 18.0. The topological polar surface area (TPSA) is 25.4 Å². The molecular weight excluding hydrogens is 607 g/mol. The van der Waals surface area contributed by atoms with Crippen molar-refractivity contribution in [2.24, 2.45) is 0 Å². The third-order valence-electron chi connectivity index (χ3n) is 11.8. The molecule has 0 unspecified atom stereocenters. The van der Waals surface area contributed by atoms with Crippen LogP contribution >= 0.6 is 0 Å². The average molecular weight is 649 g/mol. The fraction of sp³-hybridized carbons (Fsp3) is 0.239. The normalized spacial score (nSPS) is 15.4. The Morgan fingerprint density at radius 1 is 0.620 bits per heavy atom. The van der Waals surface area contributed by atoms with Crippen LogP contribution in [0, 0.1) is 0 Å². The third-order valence-corrected chi connectivity index (χ3v) is 11.8. The number of hydrogen-bond acceptors (Lipinski definition) is 3. The van der Waals surface area contributed by atoms with Gasteiger partial charge in [0, 0.05) is 22.7 Å². The minimum Gasteiger partial charge on any atom is -0.453 e. The lowest BCUT2D eigenvalue weighted by Crippen LogP contribution is -2.55. The maximum absolute atomic E-state index is 7.02. The van der Waals surface area contributed by atoms with Gasteiger partial charge >= 0.3 is 6.85 Å². The second-order valence-corrected chi connectivity index (χ2v) is 17.3. The molecule has 3 aliphatic heterocycles. The monoisotopic (exact) mass is 648 g/mol. The molecule has 0 saturated carbocycles. The van der Waals surface area contributed by atoms with Crippen LogP contribution < -0.4 is 20.5 Å². The smallest absolute Gasteiger partial charge is 0.330 e. The number of nitrogens with zero attached hydrogens (tertiary/aromatic N) is 2. The van der Waals surface area contributed by atoms with Crippen LogP contribution in [-0.2, 0) is 16.2 Å². The van der Waals surface area contributed by atoms with Crippen LogP contribution in [-0.4, -0.2) is 11.8 Å². The minimum atomic E-state index is -0.0898. The molecule has 50 heavy (non-hydrogen) atoms. The first-order valence-electron chi connectivity index (χ1n) is 18.0. The molecule has 3 nitrogen and oxygen atoms in total. The van der Waals surface area contributed by atoms with Crippen molar-refractivity contribution in [1.82, 2.24) is 4.98 Å². The number of fused-ring (bicyclic) bond motifs is 10. The van der Waals surface area contributed by atoms with Crippen molar-refractivity contribution < 1.29 is 4.74 Å². The van der Waals surface area contributed by atoms with Gasteiger partial charge in [0.15, 0.2) is 5.75 Å². The van der Waals surface area contributed by atoms with Crippen LogP contribution in [0.2, 0.25) is 0 Å². The molecule has 4 heteroatoms. The van der Waals surface area contributed by atoms with Gasteiger partial charge in [0.2, 0.25) is 0 Å². The Hall–Kier alpha value is -5.09. The number of anilines is 2. The first-order chi connectivity index (χ1) is 23.8. The van der Waals surface area contributed by atoms with E-state index < -0.39 is 0 Å². The Labute approximate surface area is 296 Å².